The number of hydrogen-bond acceptors (Lipinski definition) is 4. The number of aromatic nitrogens is 2. The predicted octanol–water partition coefficient (Wildman–Crippen LogP) is 0.151. The lowest BCUT2D eigenvalue weighted by Gasteiger charge is -2.17. The van der Waals surface area contributed by atoms with Crippen LogP contribution in [0.15, 0.2) is 12.4 Å². The van der Waals surface area contributed by atoms with E-state index in [0.717, 1.165) is 13.0 Å². The third-order valence-electron chi connectivity index (χ3n) is 3.02. The van der Waals surface area contributed by atoms with E-state index in [1.165, 1.54) is 23.3 Å². The molecule has 1 heterocycles. The van der Waals surface area contributed by atoms with Gasteiger partial charge in [-0.2, -0.15) is 17.8 Å². The van der Waals surface area contributed by atoms with Gasteiger partial charge in [-0.05, 0) is 25.8 Å². The van der Waals surface area contributed by atoms with Crippen LogP contribution in [0, 0.1) is 0 Å². The summed E-state index contributed by atoms with van der Waals surface area (Å²) < 4.78 is 29.4. The standard InChI is InChI=1S/C11H21N5O2S/c1-15-9-11(8-13-15)14-19(17,18)16(2)7-3-6-12-10-4-5-10/h8-10,12,14H,3-7H2,1-2H3. The molecule has 7 nitrogen and oxygen atoms in total. The molecule has 0 unspecified atom stereocenters. The van der Waals surface area contributed by atoms with E-state index < -0.39 is 10.2 Å². The summed E-state index contributed by atoms with van der Waals surface area (Å²) in [6.45, 7) is 1.35. The molecule has 0 bridgehead atoms. The Kier molecular flexibility index (Phi) is 4.43. The molecule has 1 fully saturated rings. The maximum Gasteiger partial charge on any atom is 0.301 e. The van der Waals surface area contributed by atoms with Crippen LogP contribution in [0.2, 0.25) is 0 Å². The summed E-state index contributed by atoms with van der Waals surface area (Å²) in [5, 5.41) is 7.28. The van der Waals surface area contributed by atoms with Crippen LogP contribution in [-0.2, 0) is 17.3 Å². The lowest BCUT2D eigenvalue weighted by Crippen LogP contribution is -2.34. The van der Waals surface area contributed by atoms with Gasteiger partial charge in [-0.1, -0.05) is 0 Å². The number of nitrogens with zero attached hydrogens (tertiary/aromatic N) is 3. The third kappa shape index (κ3) is 4.48. The van der Waals surface area contributed by atoms with Crippen LogP contribution in [-0.4, -0.2) is 48.7 Å². The second-order valence-electron chi connectivity index (χ2n) is 4.91. The molecular weight excluding hydrogens is 266 g/mol. The van der Waals surface area contributed by atoms with Crippen LogP contribution in [0.25, 0.3) is 0 Å². The number of nitrogens with one attached hydrogen (secondary N) is 2. The van der Waals surface area contributed by atoms with Gasteiger partial charge in [0, 0.05) is 32.9 Å². The quantitative estimate of drug-likeness (QED) is 0.667. The van der Waals surface area contributed by atoms with Gasteiger partial charge in [0.05, 0.1) is 11.9 Å². The summed E-state index contributed by atoms with van der Waals surface area (Å²) in [4.78, 5) is 0. The van der Waals surface area contributed by atoms with Gasteiger partial charge in [-0.3, -0.25) is 9.40 Å². The zero-order chi connectivity index (χ0) is 13.9. The number of anilines is 1. The molecule has 1 aliphatic rings. The first-order valence-corrected chi connectivity index (χ1v) is 7.87. The maximum absolute atomic E-state index is 12.0. The Labute approximate surface area is 114 Å². The Bertz CT molecular complexity index is 509. The second-order valence-corrected chi connectivity index (χ2v) is 6.69. The molecule has 1 aromatic heterocycles. The molecule has 0 amide bonds. The Morgan fingerprint density at radius 3 is 2.84 bits per heavy atom. The molecule has 8 heteroatoms. The van der Waals surface area contributed by atoms with Crippen molar-refractivity contribution >= 4 is 15.9 Å². The number of rotatable bonds is 8. The summed E-state index contributed by atoms with van der Waals surface area (Å²) in [6, 6.07) is 0.662. The molecule has 0 aromatic carbocycles. The van der Waals surface area contributed by atoms with Crippen molar-refractivity contribution in [3.05, 3.63) is 12.4 Å². The van der Waals surface area contributed by atoms with Crippen LogP contribution < -0.4 is 10.0 Å². The monoisotopic (exact) mass is 287 g/mol. The highest BCUT2D eigenvalue weighted by atomic mass is 32.2. The van der Waals surface area contributed by atoms with Crippen LogP contribution in [0.3, 0.4) is 0 Å². The molecule has 1 aliphatic carbocycles. The molecule has 1 aromatic rings. The fraction of sp³-hybridized carbons (Fsp3) is 0.727. The molecule has 2 rings (SSSR count). The smallest absolute Gasteiger partial charge is 0.301 e. The van der Waals surface area contributed by atoms with Gasteiger partial charge < -0.3 is 5.32 Å². The molecule has 2 N–H and O–H groups in total. The van der Waals surface area contributed by atoms with Crippen molar-refractivity contribution < 1.29 is 8.42 Å². The minimum atomic E-state index is -3.48. The Morgan fingerprint density at radius 1 is 1.53 bits per heavy atom. The molecule has 1 saturated carbocycles. The van der Waals surface area contributed by atoms with Crippen LogP contribution >= 0.6 is 0 Å². The van der Waals surface area contributed by atoms with Gasteiger partial charge in [0.2, 0.25) is 0 Å². The molecule has 19 heavy (non-hydrogen) atoms. The van der Waals surface area contributed by atoms with Gasteiger partial charge in [0.25, 0.3) is 0 Å². The number of aryl methyl sites for hydroxylation is 1. The fourth-order valence-electron chi connectivity index (χ4n) is 1.72. The summed E-state index contributed by atoms with van der Waals surface area (Å²) in [6.07, 6.45) is 6.41. The lowest BCUT2D eigenvalue weighted by atomic mass is 10.4. The third-order valence-corrected chi connectivity index (χ3v) is 4.52. The second kappa shape index (κ2) is 5.89. The zero-order valence-corrected chi connectivity index (χ0v) is 12.2. The normalized spacial score (nSPS) is 15.9. The van der Waals surface area contributed by atoms with Crippen molar-refractivity contribution in [1.82, 2.24) is 19.4 Å². The molecule has 0 radical (unpaired) electrons. The maximum atomic E-state index is 12.0. The van der Waals surface area contributed by atoms with Crippen molar-refractivity contribution in [3.8, 4) is 0 Å². The van der Waals surface area contributed by atoms with Crippen molar-refractivity contribution in [2.24, 2.45) is 7.05 Å². The first kappa shape index (κ1) is 14.3. The number of hydrogen-bond donors (Lipinski definition) is 2. The molecular formula is C11H21N5O2S. The van der Waals surface area contributed by atoms with Crippen LogP contribution in [0.1, 0.15) is 19.3 Å². The summed E-state index contributed by atoms with van der Waals surface area (Å²) >= 11 is 0. The minimum absolute atomic E-state index is 0.477. The minimum Gasteiger partial charge on any atom is -0.314 e. The summed E-state index contributed by atoms with van der Waals surface area (Å²) in [5.41, 5.74) is 0.477. The summed E-state index contributed by atoms with van der Waals surface area (Å²) in [5.74, 6) is 0. The highest BCUT2D eigenvalue weighted by Crippen LogP contribution is 2.18. The van der Waals surface area contributed by atoms with E-state index >= 15 is 0 Å². The first-order valence-electron chi connectivity index (χ1n) is 6.43. The lowest BCUT2D eigenvalue weighted by molar-refractivity contribution is 0.458. The highest BCUT2D eigenvalue weighted by molar-refractivity contribution is 7.90. The van der Waals surface area contributed by atoms with E-state index in [2.05, 4.69) is 15.1 Å². The molecule has 108 valence electrons. The van der Waals surface area contributed by atoms with Crippen molar-refractivity contribution in [1.29, 1.82) is 0 Å². The van der Waals surface area contributed by atoms with Crippen molar-refractivity contribution in [2.75, 3.05) is 24.9 Å². The summed E-state index contributed by atoms with van der Waals surface area (Å²) in [7, 11) is -0.163. The van der Waals surface area contributed by atoms with E-state index in [9.17, 15) is 8.42 Å². The molecule has 0 saturated heterocycles. The molecule has 0 atom stereocenters. The zero-order valence-electron chi connectivity index (χ0n) is 11.3. The fourth-order valence-corrected chi connectivity index (χ4v) is 2.64. The van der Waals surface area contributed by atoms with E-state index in [4.69, 9.17) is 0 Å². The van der Waals surface area contributed by atoms with Gasteiger partial charge in [0.15, 0.2) is 0 Å². The van der Waals surface area contributed by atoms with E-state index in [1.54, 1.807) is 25.0 Å². The molecule has 0 aliphatic heterocycles. The Balaban J connectivity index is 1.76. The Hall–Kier alpha value is -1.12. The SMILES string of the molecule is CN(CCCNC1CC1)S(=O)(=O)Nc1cnn(C)c1. The largest absolute Gasteiger partial charge is 0.314 e. The Morgan fingerprint density at radius 2 is 2.26 bits per heavy atom. The van der Waals surface area contributed by atoms with Crippen LogP contribution in [0.4, 0.5) is 5.69 Å². The van der Waals surface area contributed by atoms with Gasteiger partial charge in [-0.25, -0.2) is 0 Å². The van der Waals surface area contributed by atoms with E-state index in [1.807, 2.05) is 0 Å². The first-order chi connectivity index (χ1) is 8.97. The van der Waals surface area contributed by atoms with E-state index in [0.29, 0.717) is 18.3 Å². The van der Waals surface area contributed by atoms with Gasteiger partial charge in [-0.15, -0.1) is 0 Å². The highest BCUT2D eigenvalue weighted by Gasteiger charge is 2.21. The van der Waals surface area contributed by atoms with E-state index in [-0.39, 0.29) is 0 Å². The molecule has 0 spiro atoms. The van der Waals surface area contributed by atoms with Crippen molar-refractivity contribution in [3.63, 3.8) is 0 Å². The predicted molar refractivity (Wildman–Crippen MR) is 74.0 cm³/mol. The average Bonchev–Trinajstić information content (AvgIpc) is 3.08. The van der Waals surface area contributed by atoms with Crippen LogP contribution in [0.5, 0.6) is 0 Å². The average molecular weight is 287 g/mol. The van der Waals surface area contributed by atoms with Gasteiger partial charge >= 0.3 is 10.2 Å². The topological polar surface area (TPSA) is 79.3 Å². The van der Waals surface area contributed by atoms with Crippen molar-refractivity contribution in [2.45, 2.75) is 25.3 Å². The van der Waals surface area contributed by atoms with Gasteiger partial charge in [0.1, 0.15) is 0 Å².